The quantitative estimate of drug-likeness (QED) is 0.798. The Morgan fingerprint density at radius 3 is 2.57 bits per heavy atom. The van der Waals surface area contributed by atoms with E-state index in [0.717, 1.165) is 6.20 Å². The van der Waals surface area contributed by atoms with Crippen molar-refractivity contribution in [3.8, 4) is 0 Å². The van der Waals surface area contributed by atoms with E-state index in [0.29, 0.717) is 4.67 Å². The van der Waals surface area contributed by atoms with Crippen LogP contribution in [-0.4, -0.2) is 13.5 Å². The first-order chi connectivity index (χ1) is 6.51. The van der Waals surface area contributed by atoms with Gasteiger partial charge in [0.2, 0.25) is 14.9 Å². The van der Waals surface area contributed by atoms with E-state index < -0.39 is 9.84 Å². The van der Waals surface area contributed by atoms with Gasteiger partial charge in [-0.05, 0) is 28.1 Å². The Bertz CT molecular complexity index is 543. The molecule has 0 radical (unpaired) electrons. The lowest BCUT2D eigenvalue weighted by molar-refractivity contribution is 0.533. The molecule has 0 aromatic carbocycles. The number of halogens is 2. The van der Waals surface area contributed by atoms with Crippen LogP contribution < -0.4 is 0 Å². The fraction of sp³-hybridized carbons (Fsp3) is 0. The Hall–Kier alpha value is -0.590. The second kappa shape index (κ2) is 3.22. The first-order valence-electron chi connectivity index (χ1n) is 3.46. The highest BCUT2D eigenvalue weighted by molar-refractivity contribution is 9.10. The van der Waals surface area contributed by atoms with Crippen molar-refractivity contribution in [3.05, 3.63) is 33.1 Å². The average molecular weight is 297 g/mol. The van der Waals surface area contributed by atoms with Crippen LogP contribution in [-0.2, 0) is 9.84 Å². The van der Waals surface area contributed by atoms with Gasteiger partial charge in [-0.2, -0.15) is 0 Å². The van der Waals surface area contributed by atoms with Gasteiger partial charge in [0.05, 0.1) is 6.20 Å². The first-order valence-corrected chi connectivity index (χ1v) is 6.11. The number of rotatable bonds is 1. The zero-order chi connectivity index (χ0) is 10.3. The molecular weight excluding hydrogens is 294 g/mol. The van der Waals surface area contributed by atoms with Crippen molar-refractivity contribution in [1.82, 2.24) is 0 Å². The summed E-state index contributed by atoms with van der Waals surface area (Å²) in [6.07, 6.45) is 1.09. The highest BCUT2D eigenvalue weighted by Gasteiger charge is 2.31. The van der Waals surface area contributed by atoms with Crippen molar-refractivity contribution in [2.24, 2.45) is 4.99 Å². The third-order valence-corrected chi connectivity index (χ3v) is 4.15. The summed E-state index contributed by atoms with van der Waals surface area (Å²) < 4.78 is 28.2. The van der Waals surface area contributed by atoms with Gasteiger partial charge < -0.3 is 4.42 Å². The predicted molar refractivity (Wildman–Crippen MR) is 55.8 cm³/mol. The summed E-state index contributed by atoms with van der Waals surface area (Å²) in [5.41, 5.74) is 0. The summed E-state index contributed by atoms with van der Waals surface area (Å²) in [4.78, 5) is 3.67. The minimum atomic E-state index is -3.64. The molecule has 1 aromatic heterocycles. The van der Waals surface area contributed by atoms with Gasteiger partial charge in [0.25, 0.3) is 0 Å². The number of sulfone groups is 1. The molecule has 0 saturated carbocycles. The SMILES string of the molecule is O=S1(=O)C(Cl)=CN=C1c1ccc(Br)o1. The van der Waals surface area contributed by atoms with Crippen LogP contribution in [0.1, 0.15) is 5.76 Å². The molecule has 0 spiro atoms. The molecule has 0 atom stereocenters. The number of furan rings is 1. The fourth-order valence-electron chi connectivity index (χ4n) is 0.966. The highest BCUT2D eigenvalue weighted by Crippen LogP contribution is 2.26. The van der Waals surface area contributed by atoms with Crippen molar-refractivity contribution in [2.75, 3.05) is 0 Å². The molecule has 0 bridgehead atoms. The van der Waals surface area contributed by atoms with Gasteiger partial charge in [0.15, 0.2) is 14.8 Å². The Labute approximate surface area is 93.3 Å². The third-order valence-electron chi connectivity index (χ3n) is 1.58. The molecule has 14 heavy (non-hydrogen) atoms. The lowest BCUT2D eigenvalue weighted by Gasteiger charge is -1.95. The fourth-order valence-corrected chi connectivity index (χ4v) is 2.48. The van der Waals surface area contributed by atoms with E-state index in [2.05, 4.69) is 20.9 Å². The molecule has 74 valence electrons. The van der Waals surface area contributed by atoms with Crippen molar-refractivity contribution < 1.29 is 12.8 Å². The van der Waals surface area contributed by atoms with Crippen LogP contribution in [0.3, 0.4) is 0 Å². The maximum atomic E-state index is 11.5. The van der Waals surface area contributed by atoms with E-state index in [1.54, 1.807) is 6.07 Å². The molecule has 0 unspecified atom stereocenters. The number of hydrogen-bond acceptors (Lipinski definition) is 4. The summed E-state index contributed by atoms with van der Waals surface area (Å²) in [5.74, 6) is 0.170. The van der Waals surface area contributed by atoms with Gasteiger partial charge in [-0.25, -0.2) is 13.4 Å². The molecule has 4 nitrogen and oxygen atoms in total. The minimum Gasteiger partial charge on any atom is -0.447 e. The average Bonchev–Trinajstić information content (AvgIpc) is 2.60. The van der Waals surface area contributed by atoms with Crippen molar-refractivity contribution in [3.63, 3.8) is 0 Å². The lowest BCUT2D eigenvalue weighted by Crippen LogP contribution is -2.11. The number of hydrogen-bond donors (Lipinski definition) is 0. The molecule has 1 aromatic rings. The molecule has 0 fully saturated rings. The van der Waals surface area contributed by atoms with Crippen molar-refractivity contribution >= 4 is 42.4 Å². The normalized spacial score (nSPS) is 19.3. The van der Waals surface area contributed by atoms with Crippen LogP contribution in [0.5, 0.6) is 0 Å². The molecular formula is C7H3BrClNO3S. The van der Waals surface area contributed by atoms with Crippen molar-refractivity contribution in [2.45, 2.75) is 0 Å². The van der Waals surface area contributed by atoms with Crippen molar-refractivity contribution in [1.29, 1.82) is 0 Å². The molecule has 0 saturated heterocycles. The van der Waals surface area contributed by atoms with Crippen LogP contribution in [0.2, 0.25) is 0 Å². The molecule has 1 aliphatic heterocycles. The Morgan fingerprint density at radius 1 is 1.43 bits per heavy atom. The molecule has 2 heterocycles. The highest BCUT2D eigenvalue weighted by atomic mass is 79.9. The first kappa shape index (κ1) is 9.95. The van der Waals surface area contributed by atoms with Gasteiger partial charge in [-0.1, -0.05) is 11.6 Å². The van der Waals surface area contributed by atoms with Crippen LogP contribution in [0.25, 0.3) is 0 Å². The van der Waals surface area contributed by atoms with Gasteiger partial charge in [0.1, 0.15) is 0 Å². The monoisotopic (exact) mass is 295 g/mol. The predicted octanol–water partition coefficient (Wildman–Crippen LogP) is 2.25. The van der Waals surface area contributed by atoms with E-state index in [-0.39, 0.29) is 15.2 Å². The van der Waals surface area contributed by atoms with Gasteiger partial charge in [-0.15, -0.1) is 0 Å². The van der Waals surface area contributed by atoms with E-state index in [1.807, 2.05) is 0 Å². The van der Waals surface area contributed by atoms with E-state index in [9.17, 15) is 8.42 Å². The van der Waals surface area contributed by atoms with Crippen LogP contribution in [0.15, 0.2) is 36.8 Å². The molecule has 2 rings (SSSR count). The van der Waals surface area contributed by atoms with Crippen LogP contribution in [0.4, 0.5) is 0 Å². The van der Waals surface area contributed by atoms with Crippen LogP contribution in [0, 0.1) is 0 Å². The molecule has 0 N–H and O–H groups in total. The Balaban J connectivity index is 2.51. The molecule has 1 aliphatic rings. The Kier molecular flexibility index (Phi) is 2.29. The second-order valence-electron chi connectivity index (χ2n) is 2.47. The lowest BCUT2D eigenvalue weighted by atomic mass is 10.5. The van der Waals surface area contributed by atoms with E-state index in [4.69, 9.17) is 16.0 Å². The summed E-state index contributed by atoms with van der Waals surface area (Å²) in [5, 5.41) is -0.159. The summed E-state index contributed by atoms with van der Waals surface area (Å²) >= 11 is 8.53. The Morgan fingerprint density at radius 2 is 2.14 bits per heavy atom. The maximum absolute atomic E-state index is 11.5. The topological polar surface area (TPSA) is 59.6 Å². The summed E-state index contributed by atoms with van der Waals surface area (Å²) in [7, 11) is -3.64. The summed E-state index contributed by atoms with van der Waals surface area (Å²) in [6.45, 7) is 0. The van der Waals surface area contributed by atoms with E-state index in [1.165, 1.54) is 6.07 Å². The zero-order valence-electron chi connectivity index (χ0n) is 6.57. The second-order valence-corrected chi connectivity index (χ2v) is 5.72. The van der Waals surface area contributed by atoms with E-state index >= 15 is 0 Å². The molecule has 7 heteroatoms. The molecule has 0 amide bonds. The van der Waals surface area contributed by atoms with Gasteiger partial charge >= 0.3 is 0 Å². The van der Waals surface area contributed by atoms with Gasteiger partial charge in [0, 0.05) is 0 Å². The largest absolute Gasteiger partial charge is 0.447 e. The number of aliphatic imine (C=N–C) groups is 1. The third kappa shape index (κ3) is 1.43. The minimum absolute atomic E-state index is 0.159. The standard InChI is InChI=1S/C7H3BrClNO3S/c8-5-2-1-4(13-5)7-10-3-6(9)14(7,11)12/h1-3H. The van der Waals surface area contributed by atoms with Gasteiger partial charge in [-0.3, -0.25) is 0 Å². The van der Waals surface area contributed by atoms with Crippen LogP contribution >= 0.6 is 27.5 Å². The maximum Gasteiger partial charge on any atom is 0.239 e. The smallest absolute Gasteiger partial charge is 0.239 e. The zero-order valence-corrected chi connectivity index (χ0v) is 9.73. The summed E-state index contributed by atoms with van der Waals surface area (Å²) in [6, 6.07) is 3.09. The number of nitrogens with zero attached hydrogens (tertiary/aromatic N) is 1. The molecule has 0 aliphatic carbocycles.